The minimum Gasteiger partial charge on any atom is -0.447 e. The van der Waals surface area contributed by atoms with Gasteiger partial charge in [-0.3, -0.25) is 5.32 Å². The highest BCUT2D eigenvalue weighted by atomic mass is 16.6. The van der Waals surface area contributed by atoms with Gasteiger partial charge in [-0.15, -0.1) is 0 Å². The third kappa shape index (κ3) is 4.24. The molecule has 1 heterocycles. The Hall–Kier alpha value is -3.73. The van der Waals surface area contributed by atoms with Gasteiger partial charge in [-0.2, -0.15) is 0 Å². The molecule has 0 fully saturated rings. The Morgan fingerprint density at radius 2 is 1.34 bits per heavy atom. The quantitative estimate of drug-likeness (QED) is 0.475. The van der Waals surface area contributed by atoms with E-state index in [1.54, 1.807) is 6.07 Å². The molecule has 4 rings (SSSR count). The van der Waals surface area contributed by atoms with E-state index >= 15 is 0 Å². The zero-order valence-electron chi connectivity index (χ0n) is 16.3. The molecule has 0 aliphatic heterocycles. The Labute approximate surface area is 169 Å². The second kappa shape index (κ2) is 8.10. The molecule has 0 atom stereocenters. The van der Waals surface area contributed by atoms with E-state index in [2.05, 4.69) is 5.32 Å². The minimum absolute atomic E-state index is 0.187. The number of amides is 1. The predicted octanol–water partition coefficient (Wildman–Crippen LogP) is 5.92. The second-order valence-corrected chi connectivity index (χ2v) is 6.94. The van der Waals surface area contributed by atoms with E-state index in [9.17, 15) is 4.79 Å². The summed E-state index contributed by atoms with van der Waals surface area (Å²) in [4.78, 5) is 21.7. The second-order valence-electron chi connectivity index (χ2n) is 6.94. The van der Waals surface area contributed by atoms with Gasteiger partial charge in [0.15, 0.2) is 0 Å². The molecular weight excluding hydrogens is 362 g/mol. The van der Waals surface area contributed by atoms with Crippen molar-refractivity contribution in [3.63, 3.8) is 0 Å². The third-order valence-electron chi connectivity index (χ3n) is 4.35. The van der Waals surface area contributed by atoms with Gasteiger partial charge in [0.25, 0.3) is 0 Å². The number of carbonyl (C=O) groups is 1. The average molecular weight is 383 g/mol. The highest BCUT2D eigenvalue weighted by molar-refractivity contribution is 5.91. The normalized spacial score (nSPS) is 10.9. The average Bonchev–Trinajstić information content (AvgIpc) is 2.73. The topological polar surface area (TPSA) is 64.1 Å². The zero-order valence-corrected chi connectivity index (χ0v) is 16.3. The zero-order chi connectivity index (χ0) is 20.2. The number of nitrogens with one attached hydrogen (secondary N) is 1. The van der Waals surface area contributed by atoms with Crippen LogP contribution in [0, 0.1) is 0 Å². The highest BCUT2D eigenvalue weighted by Gasteiger charge is 2.14. The summed E-state index contributed by atoms with van der Waals surface area (Å²) >= 11 is 0. The number of ether oxygens (including phenoxy) is 1. The minimum atomic E-state index is -0.489. The van der Waals surface area contributed by atoms with Crippen molar-refractivity contribution in [2.75, 3.05) is 5.32 Å². The summed E-state index contributed by atoms with van der Waals surface area (Å²) in [5.41, 5.74) is 5.68. The molecule has 1 aromatic heterocycles. The van der Waals surface area contributed by atoms with Gasteiger partial charge in [0.1, 0.15) is 0 Å². The van der Waals surface area contributed by atoms with Crippen molar-refractivity contribution in [2.24, 2.45) is 0 Å². The largest absolute Gasteiger partial charge is 0.447 e. The molecule has 0 saturated heterocycles. The maximum Gasteiger partial charge on any atom is 0.411 e. The SMILES string of the molecule is CC(C)OC(=O)Nc1ccc2nc(-c3ccccc3)c(-c3ccccc3)nc2c1. The van der Waals surface area contributed by atoms with Crippen molar-refractivity contribution in [1.82, 2.24) is 9.97 Å². The maximum atomic E-state index is 11.9. The van der Waals surface area contributed by atoms with E-state index in [0.29, 0.717) is 11.2 Å². The predicted molar refractivity (Wildman–Crippen MR) is 116 cm³/mol. The molecule has 0 saturated carbocycles. The molecule has 0 spiro atoms. The number of hydrogen-bond donors (Lipinski definition) is 1. The standard InChI is InChI=1S/C24H21N3O2/c1-16(2)29-24(28)25-19-13-14-20-21(15-19)27-23(18-11-7-4-8-12-18)22(26-20)17-9-5-3-6-10-17/h3-16H,1-2H3,(H,25,28). The Morgan fingerprint density at radius 3 is 1.90 bits per heavy atom. The van der Waals surface area contributed by atoms with Crippen molar-refractivity contribution in [1.29, 1.82) is 0 Å². The van der Waals surface area contributed by atoms with Crippen LogP contribution >= 0.6 is 0 Å². The van der Waals surface area contributed by atoms with Crippen molar-refractivity contribution < 1.29 is 9.53 Å². The van der Waals surface area contributed by atoms with Crippen molar-refractivity contribution in [2.45, 2.75) is 20.0 Å². The summed E-state index contributed by atoms with van der Waals surface area (Å²) in [5, 5.41) is 2.74. The monoisotopic (exact) mass is 383 g/mol. The molecule has 0 bridgehead atoms. The molecule has 0 aliphatic carbocycles. The van der Waals surface area contributed by atoms with Gasteiger partial charge < -0.3 is 4.74 Å². The van der Waals surface area contributed by atoms with Gasteiger partial charge in [0, 0.05) is 16.8 Å². The van der Waals surface area contributed by atoms with Crippen LogP contribution in [0.4, 0.5) is 10.5 Å². The lowest BCUT2D eigenvalue weighted by Gasteiger charge is -2.12. The van der Waals surface area contributed by atoms with Gasteiger partial charge in [-0.25, -0.2) is 14.8 Å². The Kier molecular flexibility index (Phi) is 5.20. The molecule has 5 heteroatoms. The van der Waals surface area contributed by atoms with Crippen LogP contribution in [0.5, 0.6) is 0 Å². The van der Waals surface area contributed by atoms with E-state index in [1.165, 1.54) is 0 Å². The summed E-state index contributed by atoms with van der Waals surface area (Å²) in [5.74, 6) is 0. The lowest BCUT2D eigenvalue weighted by Crippen LogP contribution is -2.17. The molecule has 3 aromatic carbocycles. The van der Waals surface area contributed by atoms with Crippen LogP contribution in [0.1, 0.15) is 13.8 Å². The summed E-state index contributed by atoms with van der Waals surface area (Å²) in [6.45, 7) is 3.62. The number of carbonyl (C=O) groups excluding carboxylic acids is 1. The smallest absolute Gasteiger partial charge is 0.411 e. The van der Waals surface area contributed by atoms with Crippen molar-refractivity contribution >= 4 is 22.8 Å². The molecule has 0 aliphatic rings. The first-order chi connectivity index (χ1) is 14.1. The number of rotatable bonds is 4. The first-order valence-corrected chi connectivity index (χ1v) is 9.50. The van der Waals surface area contributed by atoms with Gasteiger partial charge in [0.05, 0.1) is 28.5 Å². The van der Waals surface area contributed by atoms with E-state index < -0.39 is 6.09 Å². The molecule has 29 heavy (non-hydrogen) atoms. The fourth-order valence-electron chi connectivity index (χ4n) is 3.09. The first-order valence-electron chi connectivity index (χ1n) is 9.50. The van der Waals surface area contributed by atoms with Crippen molar-refractivity contribution in [3.05, 3.63) is 78.9 Å². The number of anilines is 1. The number of fused-ring (bicyclic) bond motifs is 1. The molecule has 1 N–H and O–H groups in total. The maximum absolute atomic E-state index is 11.9. The third-order valence-corrected chi connectivity index (χ3v) is 4.35. The van der Waals surface area contributed by atoms with Crippen LogP contribution in [-0.4, -0.2) is 22.2 Å². The summed E-state index contributed by atoms with van der Waals surface area (Å²) in [7, 11) is 0. The fraction of sp³-hybridized carbons (Fsp3) is 0.125. The summed E-state index contributed by atoms with van der Waals surface area (Å²) < 4.78 is 5.15. The number of nitrogens with zero attached hydrogens (tertiary/aromatic N) is 2. The van der Waals surface area contributed by atoms with Crippen LogP contribution in [0.25, 0.3) is 33.5 Å². The highest BCUT2D eigenvalue weighted by Crippen LogP contribution is 2.31. The molecule has 1 amide bonds. The Bertz CT molecular complexity index is 1140. The van der Waals surface area contributed by atoms with Crippen molar-refractivity contribution in [3.8, 4) is 22.5 Å². The molecule has 4 aromatic rings. The van der Waals surface area contributed by atoms with E-state index in [4.69, 9.17) is 14.7 Å². The number of benzene rings is 3. The van der Waals surface area contributed by atoms with Crippen LogP contribution < -0.4 is 5.32 Å². The number of hydrogen-bond acceptors (Lipinski definition) is 4. The van der Waals surface area contributed by atoms with Crippen LogP contribution in [-0.2, 0) is 4.74 Å². The van der Waals surface area contributed by atoms with E-state index in [-0.39, 0.29) is 6.10 Å². The van der Waals surface area contributed by atoms with Gasteiger partial charge >= 0.3 is 6.09 Å². The molecule has 0 radical (unpaired) electrons. The van der Waals surface area contributed by atoms with Gasteiger partial charge in [-0.05, 0) is 32.0 Å². The van der Waals surface area contributed by atoms with Crippen LogP contribution in [0.2, 0.25) is 0 Å². The van der Waals surface area contributed by atoms with E-state index in [1.807, 2.05) is 86.6 Å². The number of aromatic nitrogens is 2. The first kappa shape index (κ1) is 18.6. The Morgan fingerprint density at radius 1 is 0.793 bits per heavy atom. The van der Waals surface area contributed by atoms with E-state index in [0.717, 1.165) is 28.0 Å². The van der Waals surface area contributed by atoms with Crippen LogP contribution in [0.3, 0.4) is 0 Å². The molecule has 5 nitrogen and oxygen atoms in total. The fourth-order valence-corrected chi connectivity index (χ4v) is 3.09. The Balaban J connectivity index is 1.82. The van der Waals surface area contributed by atoms with Gasteiger partial charge in [0.2, 0.25) is 0 Å². The molecule has 0 unspecified atom stereocenters. The molecular formula is C24H21N3O2. The van der Waals surface area contributed by atoms with Gasteiger partial charge in [-0.1, -0.05) is 60.7 Å². The van der Waals surface area contributed by atoms with Crippen LogP contribution in [0.15, 0.2) is 78.9 Å². The summed E-state index contributed by atoms with van der Waals surface area (Å²) in [6.07, 6.45) is -0.676. The molecule has 144 valence electrons. The lowest BCUT2D eigenvalue weighted by molar-refractivity contribution is 0.130. The summed E-state index contributed by atoms with van der Waals surface area (Å²) in [6, 6.07) is 25.5. The lowest BCUT2D eigenvalue weighted by atomic mass is 10.0.